The number of hydrogen-bond donors (Lipinski definition) is 1. The molecule has 1 N–H and O–H groups in total. The zero-order chi connectivity index (χ0) is 7.11. The predicted molar refractivity (Wildman–Crippen MR) is 37.7 cm³/mol. The first-order chi connectivity index (χ1) is 4.35. The van der Waals surface area contributed by atoms with Crippen LogP contribution in [0.1, 0.15) is 6.92 Å². The van der Waals surface area contributed by atoms with Gasteiger partial charge in [0.2, 0.25) is 0 Å². The highest BCUT2D eigenvalue weighted by molar-refractivity contribution is 5.53. The molecule has 0 bridgehead atoms. The molecule has 0 saturated heterocycles. The molecule has 1 atom stereocenters. The zero-order valence-electron chi connectivity index (χ0n) is 5.66. The Kier molecular flexibility index (Phi) is 4.91. The Balaban J connectivity index is 3.53. The molecular weight excluding hydrogens is 118 g/mol. The van der Waals surface area contributed by atoms with Gasteiger partial charge in [-0.3, -0.25) is 10.3 Å². The summed E-state index contributed by atoms with van der Waals surface area (Å²) in [7, 11) is 1.74. The summed E-state index contributed by atoms with van der Waals surface area (Å²) in [6.07, 6.45) is 1.50. The molecule has 0 aromatic carbocycles. The average molecular weight is 129 g/mol. The second-order valence-electron chi connectivity index (χ2n) is 1.52. The number of hydrogen-bond acceptors (Lipinski definition) is 4. The van der Waals surface area contributed by atoms with Gasteiger partial charge in [0.25, 0.3) is 0 Å². The van der Waals surface area contributed by atoms with E-state index >= 15 is 0 Å². The van der Waals surface area contributed by atoms with E-state index in [4.69, 9.17) is 0 Å². The maximum Gasteiger partial charge on any atom is 0.122 e. The van der Waals surface area contributed by atoms with Crippen molar-refractivity contribution in [3.05, 3.63) is 4.91 Å². The topological polar surface area (TPSA) is 53.8 Å². The van der Waals surface area contributed by atoms with E-state index in [1.165, 1.54) is 0 Å². The SMILES string of the molecule is C/C=N/C(CN=O)NC. The van der Waals surface area contributed by atoms with Gasteiger partial charge in [-0.05, 0) is 20.2 Å². The summed E-state index contributed by atoms with van der Waals surface area (Å²) in [5, 5.41) is 5.51. The summed E-state index contributed by atoms with van der Waals surface area (Å²) in [5.41, 5.74) is 0. The van der Waals surface area contributed by atoms with Crippen LogP contribution in [-0.2, 0) is 0 Å². The van der Waals surface area contributed by atoms with Crippen LogP contribution in [0.15, 0.2) is 10.2 Å². The molecule has 0 saturated carbocycles. The molecule has 0 aliphatic heterocycles. The largest absolute Gasteiger partial charge is 0.297 e. The van der Waals surface area contributed by atoms with Crippen molar-refractivity contribution in [1.82, 2.24) is 5.32 Å². The van der Waals surface area contributed by atoms with Crippen LogP contribution in [0.4, 0.5) is 0 Å². The fraction of sp³-hybridized carbons (Fsp3) is 0.800. The van der Waals surface area contributed by atoms with Crippen LogP contribution in [0.3, 0.4) is 0 Å². The summed E-state index contributed by atoms with van der Waals surface area (Å²) in [4.78, 5) is 13.6. The lowest BCUT2D eigenvalue weighted by Gasteiger charge is -2.03. The molecule has 9 heavy (non-hydrogen) atoms. The van der Waals surface area contributed by atoms with Gasteiger partial charge in [0, 0.05) is 0 Å². The molecule has 0 fully saturated rings. The second kappa shape index (κ2) is 5.37. The molecule has 4 heteroatoms. The van der Waals surface area contributed by atoms with Crippen LogP contribution in [0.25, 0.3) is 0 Å². The van der Waals surface area contributed by atoms with Gasteiger partial charge in [0.15, 0.2) is 0 Å². The van der Waals surface area contributed by atoms with Crippen molar-refractivity contribution in [3.8, 4) is 0 Å². The third-order valence-electron chi connectivity index (χ3n) is 0.910. The van der Waals surface area contributed by atoms with Crippen LogP contribution < -0.4 is 5.32 Å². The van der Waals surface area contributed by atoms with Crippen molar-refractivity contribution in [2.45, 2.75) is 13.1 Å². The molecule has 52 valence electrons. The van der Waals surface area contributed by atoms with Gasteiger partial charge in [-0.15, -0.1) is 0 Å². The molecule has 4 nitrogen and oxygen atoms in total. The van der Waals surface area contributed by atoms with Crippen LogP contribution in [0.5, 0.6) is 0 Å². The molecule has 0 aromatic rings. The van der Waals surface area contributed by atoms with Crippen molar-refractivity contribution in [1.29, 1.82) is 0 Å². The highest BCUT2D eigenvalue weighted by atomic mass is 16.3. The standard InChI is InChI=1S/C5H11N3O/c1-3-7-5(6-2)4-8-9/h3,5-6H,4H2,1-2H3/b7-3+. The minimum Gasteiger partial charge on any atom is -0.297 e. The molecule has 0 rings (SSSR count). The number of rotatable bonds is 4. The molecule has 1 unspecified atom stereocenters. The van der Waals surface area contributed by atoms with E-state index in [0.29, 0.717) is 0 Å². The molecule has 0 amide bonds. The Hall–Kier alpha value is -0.770. The lowest BCUT2D eigenvalue weighted by Crippen LogP contribution is -2.25. The van der Waals surface area contributed by atoms with E-state index in [-0.39, 0.29) is 12.7 Å². The van der Waals surface area contributed by atoms with Gasteiger partial charge < -0.3 is 0 Å². The highest BCUT2D eigenvalue weighted by Gasteiger charge is 1.98. The Bertz CT molecular complexity index is 102. The third-order valence-corrected chi connectivity index (χ3v) is 0.910. The van der Waals surface area contributed by atoms with Gasteiger partial charge >= 0.3 is 0 Å². The quantitative estimate of drug-likeness (QED) is 0.441. The third kappa shape index (κ3) is 3.78. The summed E-state index contributed by atoms with van der Waals surface area (Å²) >= 11 is 0. The smallest absolute Gasteiger partial charge is 0.122 e. The predicted octanol–water partition coefficient (Wildman–Crippen LogP) is 0.389. The van der Waals surface area contributed by atoms with E-state index in [2.05, 4.69) is 15.5 Å². The minimum absolute atomic E-state index is 0.146. The maximum atomic E-state index is 9.69. The Morgan fingerprint density at radius 1 is 1.78 bits per heavy atom. The Morgan fingerprint density at radius 2 is 2.44 bits per heavy atom. The summed E-state index contributed by atoms with van der Waals surface area (Å²) < 4.78 is 0. The number of aliphatic imine (C=N–C) groups is 1. The molecule has 0 radical (unpaired) electrons. The molecule has 0 heterocycles. The van der Waals surface area contributed by atoms with Crippen LogP contribution in [0, 0.1) is 4.91 Å². The summed E-state index contributed by atoms with van der Waals surface area (Å²) in [5.74, 6) is 0. The van der Waals surface area contributed by atoms with E-state index in [1.54, 1.807) is 20.2 Å². The zero-order valence-corrected chi connectivity index (χ0v) is 5.66. The minimum atomic E-state index is -0.146. The van der Waals surface area contributed by atoms with E-state index in [9.17, 15) is 4.91 Å². The first kappa shape index (κ1) is 8.23. The van der Waals surface area contributed by atoms with Gasteiger partial charge in [0.05, 0.1) is 0 Å². The van der Waals surface area contributed by atoms with Gasteiger partial charge in [-0.2, -0.15) is 4.91 Å². The van der Waals surface area contributed by atoms with E-state index < -0.39 is 0 Å². The highest BCUT2D eigenvalue weighted by Crippen LogP contribution is 1.83. The van der Waals surface area contributed by atoms with Crippen LogP contribution >= 0.6 is 0 Å². The van der Waals surface area contributed by atoms with Crippen molar-refractivity contribution >= 4 is 6.21 Å². The summed E-state index contributed by atoms with van der Waals surface area (Å²) in [6, 6.07) is 0. The summed E-state index contributed by atoms with van der Waals surface area (Å²) in [6.45, 7) is 2.00. The number of nitrogens with one attached hydrogen (secondary N) is 1. The molecule has 0 spiro atoms. The van der Waals surface area contributed by atoms with Crippen molar-refractivity contribution < 1.29 is 0 Å². The molecule has 0 aliphatic carbocycles. The maximum absolute atomic E-state index is 9.69. The van der Waals surface area contributed by atoms with E-state index in [1.807, 2.05) is 0 Å². The van der Waals surface area contributed by atoms with Crippen LogP contribution in [-0.4, -0.2) is 26.0 Å². The second-order valence-corrected chi connectivity index (χ2v) is 1.52. The van der Waals surface area contributed by atoms with Crippen molar-refractivity contribution in [2.24, 2.45) is 10.2 Å². The van der Waals surface area contributed by atoms with Crippen molar-refractivity contribution in [3.63, 3.8) is 0 Å². The average Bonchev–Trinajstić information content (AvgIpc) is 1.88. The lowest BCUT2D eigenvalue weighted by molar-refractivity contribution is 0.599. The number of nitrogens with zero attached hydrogens (tertiary/aromatic N) is 2. The molecule has 0 aliphatic rings. The number of likely N-dealkylation sites (N-methyl/N-ethyl adjacent to an activating group) is 1. The fourth-order valence-electron chi connectivity index (χ4n) is 0.464. The van der Waals surface area contributed by atoms with Gasteiger partial charge in [-0.1, -0.05) is 5.18 Å². The van der Waals surface area contributed by atoms with E-state index in [0.717, 1.165) is 0 Å². The Labute approximate surface area is 54.3 Å². The Morgan fingerprint density at radius 3 is 2.78 bits per heavy atom. The van der Waals surface area contributed by atoms with Gasteiger partial charge in [-0.25, -0.2) is 0 Å². The van der Waals surface area contributed by atoms with Crippen molar-refractivity contribution in [2.75, 3.05) is 13.6 Å². The van der Waals surface area contributed by atoms with Gasteiger partial charge in [0.1, 0.15) is 12.7 Å². The first-order valence-electron chi connectivity index (χ1n) is 2.79. The number of nitroso groups, excluding NO2 is 1. The normalized spacial score (nSPS) is 14.0. The van der Waals surface area contributed by atoms with Crippen LogP contribution in [0.2, 0.25) is 0 Å². The molecular formula is C5H11N3O. The molecule has 0 aromatic heterocycles. The lowest BCUT2D eigenvalue weighted by atomic mass is 10.5. The first-order valence-corrected chi connectivity index (χ1v) is 2.79. The monoisotopic (exact) mass is 129 g/mol. The fourth-order valence-corrected chi connectivity index (χ4v) is 0.464.